The number of halogens is 1. The standard InChI is InChI=1S/C25H25N2O.ClH/c1-25(2)22-13-7-8-14-23(22)26(3)24(25)16-21(28)18-27-15-9-12-20(17-27)19-10-5-4-6-11-19;/h4-17H,18H2,1-3H3;1H/q+1;/p-1/b24-16+;. The lowest BCUT2D eigenvalue weighted by atomic mass is 9.83. The number of rotatable bonds is 4. The second-order valence-corrected chi connectivity index (χ2v) is 7.83. The summed E-state index contributed by atoms with van der Waals surface area (Å²) in [6.45, 7) is 4.68. The Morgan fingerprint density at radius 3 is 2.34 bits per heavy atom. The number of nitrogens with zero attached hydrogens (tertiary/aromatic N) is 2. The fourth-order valence-electron chi connectivity index (χ4n) is 4.06. The molecule has 3 aromatic rings. The number of carbonyl (C=O) groups is 1. The number of benzene rings is 2. The highest BCUT2D eigenvalue weighted by atomic mass is 35.5. The average molecular weight is 405 g/mol. The van der Waals surface area contributed by atoms with Crippen molar-refractivity contribution in [1.29, 1.82) is 0 Å². The van der Waals surface area contributed by atoms with Crippen LogP contribution in [0.3, 0.4) is 0 Å². The van der Waals surface area contributed by atoms with Crippen molar-refractivity contribution in [1.82, 2.24) is 0 Å². The number of aromatic nitrogens is 1. The maximum Gasteiger partial charge on any atom is 0.222 e. The zero-order valence-corrected chi connectivity index (χ0v) is 17.7. The quantitative estimate of drug-likeness (QED) is 0.486. The Morgan fingerprint density at radius 2 is 1.62 bits per heavy atom. The number of anilines is 1. The molecule has 3 nitrogen and oxygen atoms in total. The van der Waals surface area contributed by atoms with Crippen LogP contribution in [0.5, 0.6) is 0 Å². The van der Waals surface area contributed by atoms with Crippen LogP contribution in [0.25, 0.3) is 11.1 Å². The van der Waals surface area contributed by atoms with Crippen LogP contribution < -0.4 is 21.9 Å². The number of allylic oxidation sites excluding steroid dienone is 2. The van der Waals surface area contributed by atoms with E-state index in [-0.39, 0.29) is 23.6 Å². The van der Waals surface area contributed by atoms with E-state index in [0.29, 0.717) is 6.54 Å². The predicted molar refractivity (Wildman–Crippen MR) is 113 cm³/mol. The summed E-state index contributed by atoms with van der Waals surface area (Å²) in [4.78, 5) is 15.0. The van der Waals surface area contributed by atoms with Gasteiger partial charge in [0.2, 0.25) is 12.3 Å². The maximum atomic E-state index is 12.9. The van der Waals surface area contributed by atoms with Crippen LogP contribution in [0, 0.1) is 0 Å². The SMILES string of the molecule is CN1/C(=C/C(=O)C[n+]2cccc(-c3ccccc3)c2)C(C)(C)c2ccccc21.[Cl-]. The van der Waals surface area contributed by atoms with Crippen molar-refractivity contribution in [3.05, 3.63) is 96.5 Å². The lowest BCUT2D eigenvalue weighted by Gasteiger charge is -2.23. The summed E-state index contributed by atoms with van der Waals surface area (Å²) < 4.78 is 1.96. The van der Waals surface area contributed by atoms with Gasteiger partial charge >= 0.3 is 0 Å². The summed E-state index contributed by atoms with van der Waals surface area (Å²) in [6, 6.07) is 22.6. The highest BCUT2D eigenvalue weighted by Gasteiger charge is 2.38. The van der Waals surface area contributed by atoms with Crippen molar-refractivity contribution >= 4 is 11.5 Å². The molecule has 0 fully saturated rings. The van der Waals surface area contributed by atoms with Gasteiger partial charge < -0.3 is 17.3 Å². The number of carbonyl (C=O) groups excluding carboxylic acids is 1. The number of likely N-dealkylation sites (N-methyl/N-ethyl adjacent to an activating group) is 1. The van der Waals surface area contributed by atoms with Crippen LogP contribution >= 0.6 is 0 Å². The lowest BCUT2D eigenvalue weighted by molar-refractivity contribution is -0.683. The van der Waals surface area contributed by atoms with Crippen molar-refractivity contribution in [2.24, 2.45) is 0 Å². The second-order valence-electron chi connectivity index (χ2n) is 7.83. The van der Waals surface area contributed by atoms with Crippen LogP contribution in [-0.2, 0) is 16.8 Å². The number of hydrogen-bond acceptors (Lipinski definition) is 2. The molecule has 0 atom stereocenters. The molecule has 2 aromatic carbocycles. The van der Waals surface area contributed by atoms with Crippen molar-refractivity contribution in [3.8, 4) is 11.1 Å². The van der Waals surface area contributed by atoms with E-state index in [9.17, 15) is 4.79 Å². The van der Waals surface area contributed by atoms with E-state index in [0.717, 1.165) is 16.8 Å². The largest absolute Gasteiger partial charge is 1.00 e. The Bertz CT molecular complexity index is 1060. The Labute approximate surface area is 178 Å². The molecule has 1 aliphatic rings. The Kier molecular flexibility index (Phi) is 5.90. The van der Waals surface area contributed by atoms with Gasteiger partial charge in [0.25, 0.3) is 0 Å². The van der Waals surface area contributed by atoms with Gasteiger partial charge in [-0.15, -0.1) is 0 Å². The third-order valence-corrected chi connectivity index (χ3v) is 5.54. The van der Waals surface area contributed by atoms with Crippen LogP contribution in [0.15, 0.2) is 90.9 Å². The lowest BCUT2D eigenvalue weighted by Crippen LogP contribution is -3.00. The summed E-state index contributed by atoms with van der Waals surface area (Å²) in [5, 5.41) is 0. The fraction of sp³-hybridized carbons (Fsp3) is 0.200. The van der Waals surface area contributed by atoms with Gasteiger partial charge in [-0.05, 0) is 23.3 Å². The van der Waals surface area contributed by atoms with Crippen LogP contribution in [-0.4, -0.2) is 12.8 Å². The van der Waals surface area contributed by atoms with Crippen LogP contribution in [0.2, 0.25) is 0 Å². The highest BCUT2D eigenvalue weighted by molar-refractivity contribution is 5.91. The summed E-state index contributed by atoms with van der Waals surface area (Å²) in [6.07, 6.45) is 5.79. The molecule has 0 saturated carbocycles. The number of fused-ring (bicyclic) bond motifs is 1. The number of ketones is 1. The summed E-state index contributed by atoms with van der Waals surface area (Å²) in [5.74, 6) is 0.0953. The molecule has 0 saturated heterocycles. The monoisotopic (exact) mass is 404 g/mol. The predicted octanol–water partition coefficient (Wildman–Crippen LogP) is 1.53. The number of hydrogen-bond donors (Lipinski definition) is 0. The average Bonchev–Trinajstić information content (AvgIpc) is 2.90. The fourth-order valence-corrected chi connectivity index (χ4v) is 4.06. The van der Waals surface area contributed by atoms with Crippen molar-refractivity contribution in [3.63, 3.8) is 0 Å². The van der Waals surface area contributed by atoms with E-state index in [1.54, 1.807) is 0 Å². The van der Waals surface area contributed by atoms with Crippen molar-refractivity contribution in [2.45, 2.75) is 25.8 Å². The van der Waals surface area contributed by atoms with E-state index < -0.39 is 0 Å². The first-order valence-corrected chi connectivity index (χ1v) is 9.59. The molecule has 29 heavy (non-hydrogen) atoms. The molecule has 0 N–H and O–H groups in total. The zero-order chi connectivity index (χ0) is 19.7. The topological polar surface area (TPSA) is 24.2 Å². The van der Waals surface area contributed by atoms with Gasteiger partial charge in [-0.2, -0.15) is 4.57 Å². The Balaban J connectivity index is 0.00000240. The summed E-state index contributed by atoms with van der Waals surface area (Å²) >= 11 is 0. The Hall–Kier alpha value is -2.91. The van der Waals surface area contributed by atoms with Gasteiger partial charge in [0.15, 0.2) is 12.4 Å². The molecule has 2 heterocycles. The number of para-hydroxylation sites is 1. The molecule has 0 bridgehead atoms. The van der Waals surface area contributed by atoms with Gasteiger partial charge in [0.1, 0.15) is 0 Å². The van der Waals surface area contributed by atoms with E-state index >= 15 is 0 Å². The van der Waals surface area contributed by atoms with Gasteiger partial charge in [-0.1, -0.05) is 62.4 Å². The van der Waals surface area contributed by atoms with Crippen LogP contribution in [0.1, 0.15) is 19.4 Å². The molecule has 4 rings (SSSR count). The van der Waals surface area contributed by atoms with Gasteiger partial charge in [0, 0.05) is 41.6 Å². The normalized spacial score (nSPS) is 15.7. The molecular weight excluding hydrogens is 380 g/mol. The first-order chi connectivity index (χ1) is 13.5. The zero-order valence-electron chi connectivity index (χ0n) is 17.0. The molecule has 148 valence electrons. The smallest absolute Gasteiger partial charge is 0.222 e. The summed E-state index contributed by atoms with van der Waals surface area (Å²) in [7, 11) is 2.04. The second kappa shape index (κ2) is 8.22. The van der Waals surface area contributed by atoms with E-state index in [1.165, 1.54) is 11.3 Å². The minimum atomic E-state index is -0.183. The van der Waals surface area contributed by atoms with Crippen LogP contribution in [0.4, 0.5) is 5.69 Å². The highest BCUT2D eigenvalue weighted by Crippen LogP contribution is 2.46. The first kappa shape index (κ1) is 20.8. The molecule has 4 heteroatoms. The minimum absolute atomic E-state index is 0. The van der Waals surface area contributed by atoms with Crippen molar-refractivity contribution < 1.29 is 21.8 Å². The molecule has 1 aliphatic heterocycles. The summed E-state index contributed by atoms with van der Waals surface area (Å²) in [5.41, 5.74) is 5.54. The first-order valence-electron chi connectivity index (χ1n) is 9.59. The Morgan fingerprint density at radius 1 is 0.966 bits per heavy atom. The minimum Gasteiger partial charge on any atom is -1.00 e. The van der Waals surface area contributed by atoms with Gasteiger partial charge in [-0.25, -0.2) is 0 Å². The van der Waals surface area contributed by atoms with E-state index in [2.05, 4.69) is 55.1 Å². The van der Waals surface area contributed by atoms with Crippen molar-refractivity contribution in [2.75, 3.05) is 11.9 Å². The van der Waals surface area contributed by atoms with E-state index in [1.807, 2.05) is 60.4 Å². The molecule has 0 aliphatic carbocycles. The third-order valence-electron chi connectivity index (χ3n) is 5.54. The van der Waals surface area contributed by atoms with Gasteiger partial charge in [-0.3, -0.25) is 4.79 Å². The van der Waals surface area contributed by atoms with E-state index in [4.69, 9.17) is 0 Å². The molecule has 0 radical (unpaired) electrons. The third kappa shape index (κ3) is 3.96. The molecule has 0 spiro atoms. The number of pyridine rings is 1. The van der Waals surface area contributed by atoms with Gasteiger partial charge in [0.05, 0.1) is 0 Å². The maximum absolute atomic E-state index is 12.9. The molecular formula is C25H25ClN2O. The molecule has 1 aromatic heterocycles. The molecule has 0 unspecified atom stereocenters. The molecule has 0 amide bonds.